The Kier molecular flexibility index (Phi) is 6.84. The van der Waals surface area contributed by atoms with Crippen molar-refractivity contribution in [3.8, 4) is 0 Å². The Labute approximate surface area is 150 Å². The zero-order valence-electron chi connectivity index (χ0n) is 15.3. The first-order valence-corrected chi connectivity index (χ1v) is 10.7. The summed E-state index contributed by atoms with van der Waals surface area (Å²) in [6, 6.07) is 6.29. The molecular formula is C18H29N3O3S. The molecule has 2 N–H and O–H groups in total. The summed E-state index contributed by atoms with van der Waals surface area (Å²) in [4.78, 5) is 14.6. The van der Waals surface area contributed by atoms with E-state index in [4.69, 9.17) is 0 Å². The molecule has 0 aliphatic heterocycles. The van der Waals surface area contributed by atoms with Crippen molar-refractivity contribution in [2.24, 2.45) is 5.92 Å². The molecule has 6 nitrogen and oxygen atoms in total. The number of hydrogen-bond donors (Lipinski definition) is 2. The SMILES string of the molecule is CN(C)[C@@H](CNC(=O)Nc1cccc(S(C)(=O)=O)c1)C1CCCCC1. The average Bonchev–Trinajstić information content (AvgIpc) is 2.55. The van der Waals surface area contributed by atoms with E-state index in [0.29, 0.717) is 24.2 Å². The fraction of sp³-hybridized carbons (Fsp3) is 0.611. The Morgan fingerprint density at radius 2 is 1.92 bits per heavy atom. The van der Waals surface area contributed by atoms with Crippen molar-refractivity contribution in [3.05, 3.63) is 24.3 Å². The highest BCUT2D eigenvalue weighted by molar-refractivity contribution is 7.90. The number of likely N-dealkylation sites (N-methyl/N-ethyl adjacent to an activating group) is 1. The smallest absolute Gasteiger partial charge is 0.319 e. The summed E-state index contributed by atoms with van der Waals surface area (Å²) < 4.78 is 23.2. The zero-order chi connectivity index (χ0) is 18.4. The van der Waals surface area contributed by atoms with Gasteiger partial charge in [-0.1, -0.05) is 25.3 Å². The van der Waals surface area contributed by atoms with Crippen LogP contribution in [0.25, 0.3) is 0 Å². The van der Waals surface area contributed by atoms with Gasteiger partial charge in [0.05, 0.1) is 4.90 Å². The van der Waals surface area contributed by atoms with Gasteiger partial charge in [-0.25, -0.2) is 13.2 Å². The van der Waals surface area contributed by atoms with Gasteiger partial charge in [0.2, 0.25) is 0 Å². The number of hydrogen-bond acceptors (Lipinski definition) is 4. The highest BCUT2D eigenvalue weighted by atomic mass is 32.2. The van der Waals surface area contributed by atoms with Crippen molar-refractivity contribution in [2.45, 2.75) is 43.0 Å². The van der Waals surface area contributed by atoms with Crippen LogP contribution in [0.15, 0.2) is 29.2 Å². The lowest BCUT2D eigenvalue weighted by Gasteiger charge is -2.34. The summed E-state index contributed by atoms with van der Waals surface area (Å²) in [6.45, 7) is 0.579. The second-order valence-corrected chi connectivity index (χ2v) is 9.08. The number of carbonyl (C=O) groups is 1. The molecule has 2 rings (SSSR count). The van der Waals surface area contributed by atoms with Gasteiger partial charge >= 0.3 is 6.03 Å². The predicted molar refractivity (Wildman–Crippen MR) is 101 cm³/mol. The Morgan fingerprint density at radius 1 is 1.24 bits per heavy atom. The minimum Gasteiger partial charge on any atom is -0.336 e. The van der Waals surface area contributed by atoms with Crippen LogP contribution in [0, 0.1) is 5.92 Å². The van der Waals surface area contributed by atoms with E-state index in [9.17, 15) is 13.2 Å². The van der Waals surface area contributed by atoms with Gasteiger partial charge in [-0.3, -0.25) is 0 Å². The summed E-state index contributed by atoms with van der Waals surface area (Å²) in [5, 5.41) is 5.65. The molecule has 1 aromatic rings. The van der Waals surface area contributed by atoms with Gasteiger partial charge in [0.25, 0.3) is 0 Å². The molecule has 140 valence electrons. The Morgan fingerprint density at radius 3 is 2.52 bits per heavy atom. The lowest BCUT2D eigenvalue weighted by Crippen LogP contribution is -2.46. The van der Waals surface area contributed by atoms with Crippen molar-refractivity contribution in [1.29, 1.82) is 0 Å². The van der Waals surface area contributed by atoms with E-state index in [0.717, 1.165) is 6.26 Å². The minimum atomic E-state index is -3.29. The van der Waals surface area contributed by atoms with Gasteiger partial charge < -0.3 is 15.5 Å². The highest BCUT2D eigenvalue weighted by Gasteiger charge is 2.25. The summed E-state index contributed by atoms with van der Waals surface area (Å²) in [5.41, 5.74) is 0.472. The van der Waals surface area contributed by atoms with Gasteiger partial charge in [0, 0.05) is 24.5 Å². The third kappa shape index (κ3) is 6.01. The molecule has 1 saturated carbocycles. The standard InChI is InChI=1S/C18H29N3O3S/c1-21(2)17(14-8-5-4-6-9-14)13-19-18(22)20-15-10-7-11-16(12-15)25(3,23)24/h7,10-12,14,17H,4-6,8-9,13H2,1-3H3,(H2,19,20,22)/t17-/m0/s1. The summed E-state index contributed by atoms with van der Waals surface area (Å²) in [7, 11) is 0.809. The summed E-state index contributed by atoms with van der Waals surface area (Å²) in [5.74, 6) is 0.609. The van der Waals surface area contributed by atoms with Crippen LogP contribution >= 0.6 is 0 Å². The molecule has 1 aromatic carbocycles. The maximum absolute atomic E-state index is 12.2. The zero-order valence-corrected chi connectivity index (χ0v) is 16.1. The Hall–Kier alpha value is -1.60. The molecule has 7 heteroatoms. The lowest BCUT2D eigenvalue weighted by atomic mass is 9.83. The molecule has 0 unspecified atom stereocenters. The lowest BCUT2D eigenvalue weighted by molar-refractivity contribution is 0.167. The third-order valence-electron chi connectivity index (χ3n) is 4.85. The molecule has 0 bridgehead atoms. The van der Waals surface area contributed by atoms with Crippen molar-refractivity contribution >= 4 is 21.6 Å². The first kappa shape index (κ1) is 19.7. The van der Waals surface area contributed by atoms with Crippen molar-refractivity contribution in [2.75, 3.05) is 32.2 Å². The van der Waals surface area contributed by atoms with Crippen molar-refractivity contribution in [3.63, 3.8) is 0 Å². The van der Waals surface area contributed by atoms with Crippen LogP contribution in [0.4, 0.5) is 10.5 Å². The van der Waals surface area contributed by atoms with E-state index in [2.05, 4.69) is 29.6 Å². The molecule has 1 aliphatic carbocycles. The van der Waals surface area contributed by atoms with Crippen LogP contribution in [0.2, 0.25) is 0 Å². The van der Waals surface area contributed by atoms with Crippen LogP contribution in [-0.2, 0) is 9.84 Å². The molecule has 0 radical (unpaired) electrons. The largest absolute Gasteiger partial charge is 0.336 e. The average molecular weight is 368 g/mol. The molecule has 0 spiro atoms. The third-order valence-corrected chi connectivity index (χ3v) is 5.96. The first-order chi connectivity index (χ1) is 11.8. The van der Waals surface area contributed by atoms with Gasteiger partial charge in [0.15, 0.2) is 9.84 Å². The molecule has 1 atom stereocenters. The molecule has 0 saturated heterocycles. The Balaban J connectivity index is 1.93. The molecule has 2 amide bonds. The van der Waals surface area contributed by atoms with Gasteiger partial charge in [0.1, 0.15) is 0 Å². The van der Waals surface area contributed by atoms with Crippen LogP contribution in [-0.4, -0.2) is 52.3 Å². The highest BCUT2D eigenvalue weighted by Crippen LogP contribution is 2.28. The quantitative estimate of drug-likeness (QED) is 0.810. The molecular weight excluding hydrogens is 338 g/mol. The van der Waals surface area contributed by atoms with Gasteiger partial charge in [-0.05, 0) is 51.1 Å². The second kappa shape index (κ2) is 8.67. The monoisotopic (exact) mass is 367 g/mol. The number of benzene rings is 1. The molecule has 1 aliphatic rings. The fourth-order valence-corrected chi connectivity index (χ4v) is 4.13. The number of urea groups is 1. The van der Waals surface area contributed by atoms with E-state index in [1.165, 1.54) is 44.2 Å². The molecule has 0 aromatic heterocycles. The number of rotatable bonds is 6. The molecule has 1 fully saturated rings. The van der Waals surface area contributed by atoms with Crippen LogP contribution in [0.3, 0.4) is 0 Å². The fourth-order valence-electron chi connectivity index (χ4n) is 3.47. The number of nitrogens with one attached hydrogen (secondary N) is 2. The van der Waals surface area contributed by atoms with E-state index >= 15 is 0 Å². The van der Waals surface area contributed by atoms with Crippen molar-refractivity contribution in [1.82, 2.24) is 10.2 Å². The molecule has 25 heavy (non-hydrogen) atoms. The Bertz CT molecular complexity index is 683. The molecule has 0 heterocycles. The van der Waals surface area contributed by atoms with Gasteiger partial charge in [-0.15, -0.1) is 0 Å². The maximum Gasteiger partial charge on any atom is 0.319 e. The van der Waals surface area contributed by atoms with E-state index in [1.54, 1.807) is 12.1 Å². The number of sulfone groups is 1. The summed E-state index contributed by atoms with van der Waals surface area (Å²) in [6.07, 6.45) is 7.41. The first-order valence-electron chi connectivity index (χ1n) is 8.79. The topological polar surface area (TPSA) is 78.5 Å². The van der Waals surface area contributed by atoms with Crippen molar-refractivity contribution < 1.29 is 13.2 Å². The number of anilines is 1. The van der Waals surface area contributed by atoms with Crippen LogP contribution < -0.4 is 10.6 Å². The summed E-state index contributed by atoms with van der Waals surface area (Å²) >= 11 is 0. The van der Waals surface area contributed by atoms with Crippen LogP contribution in [0.5, 0.6) is 0 Å². The second-order valence-electron chi connectivity index (χ2n) is 7.06. The number of carbonyl (C=O) groups excluding carboxylic acids is 1. The minimum absolute atomic E-state index is 0.193. The van der Waals surface area contributed by atoms with Crippen LogP contribution in [0.1, 0.15) is 32.1 Å². The normalized spacial score (nSPS) is 17.3. The van der Waals surface area contributed by atoms with E-state index < -0.39 is 9.84 Å². The number of nitrogens with zero attached hydrogens (tertiary/aromatic N) is 1. The predicted octanol–water partition coefficient (Wildman–Crippen LogP) is 2.72. The van der Waals surface area contributed by atoms with E-state index in [1.807, 2.05) is 0 Å². The van der Waals surface area contributed by atoms with E-state index in [-0.39, 0.29) is 10.9 Å². The van der Waals surface area contributed by atoms with Gasteiger partial charge in [-0.2, -0.15) is 0 Å². The number of amides is 2. The maximum atomic E-state index is 12.2.